The normalized spacial score (nSPS) is 31.2. The average molecular weight is 1770 g/mol. The number of aliphatic hydroxyl groups is 10. The van der Waals surface area contributed by atoms with E-state index in [9.17, 15) is 113 Å². The van der Waals surface area contributed by atoms with E-state index in [2.05, 4.69) is 20.3 Å². The van der Waals surface area contributed by atoms with E-state index >= 15 is 0 Å². The molecule has 52 nitrogen and oxygen atoms in total. The summed E-state index contributed by atoms with van der Waals surface area (Å²) in [6.07, 6.45) is -18.5. The van der Waals surface area contributed by atoms with Crippen molar-refractivity contribution in [3.8, 4) is 0 Å². The van der Waals surface area contributed by atoms with Crippen LogP contribution in [0, 0.1) is 23.2 Å². The van der Waals surface area contributed by atoms with Crippen molar-refractivity contribution < 1.29 is 219 Å². The van der Waals surface area contributed by atoms with Gasteiger partial charge in [0.25, 0.3) is 0 Å². The van der Waals surface area contributed by atoms with Gasteiger partial charge in [-0.2, -0.15) is 0 Å². The van der Waals surface area contributed by atoms with E-state index < -0.39 is 326 Å². The summed E-state index contributed by atoms with van der Waals surface area (Å²) in [5, 5.41) is 103. The highest BCUT2D eigenvalue weighted by Crippen LogP contribution is 2.52. The van der Waals surface area contributed by atoms with E-state index in [1.807, 2.05) is 0 Å². The van der Waals surface area contributed by atoms with Crippen molar-refractivity contribution in [3.63, 3.8) is 0 Å². The third-order valence-electron chi connectivity index (χ3n) is 16.9. The van der Waals surface area contributed by atoms with Crippen LogP contribution < -0.4 is 11.1 Å². The maximum atomic E-state index is 13.6. The minimum Gasteiger partial charge on any atom is -0.396 e. The number of anilines is 1. The monoisotopic (exact) mass is 1770 g/mol. The number of phosphoric acid groups is 5. The van der Waals surface area contributed by atoms with Crippen molar-refractivity contribution in [3.05, 3.63) is 12.7 Å². The highest BCUT2D eigenvalue weighted by Gasteiger charge is 2.49. The van der Waals surface area contributed by atoms with Gasteiger partial charge in [-0.3, -0.25) is 59.2 Å². The fourth-order valence-corrected chi connectivity index (χ4v) is 14.6. The smallest absolute Gasteiger partial charge is 0.396 e. The van der Waals surface area contributed by atoms with Crippen LogP contribution in [0.15, 0.2) is 12.7 Å². The van der Waals surface area contributed by atoms with E-state index in [0.29, 0.717) is 0 Å². The van der Waals surface area contributed by atoms with Gasteiger partial charge in [-0.25, -0.2) is 37.8 Å². The van der Waals surface area contributed by atoms with Gasteiger partial charge in [-0.15, -0.1) is 0 Å². The number of aromatic nitrogens is 4. The van der Waals surface area contributed by atoms with Gasteiger partial charge >= 0.3 is 46.7 Å². The number of nitrogen functional groups attached to an aromatic ring is 1. The van der Waals surface area contributed by atoms with Crippen molar-refractivity contribution in [2.24, 2.45) is 23.2 Å². The van der Waals surface area contributed by atoms with Crippen LogP contribution in [0.2, 0.25) is 0 Å². The third kappa shape index (κ3) is 31.9. The second-order valence-corrected chi connectivity index (χ2v) is 35.5. The van der Waals surface area contributed by atoms with Crippen molar-refractivity contribution in [1.82, 2.24) is 24.8 Å². The first-order chi connectivity index (χ1) is 53.1. The van der Waals surface area contributed by atoms with Gasteiger partial charge in [0.05, 0.1) is 142 Å². The predicted octanol–water partition coefficient (Wildman–Crippen LogP) is -4.05. The van der Waals surface area contributed by atoms with E-state index in [0.717, 1.165) is 13.3 Å². The van der Waals surface area contributed by atoms with Crippen molar-refractivity contribution in [2.45, 2.75) is 145 Å². The minimum atomic E-state index is -5.44. The lowest BCUT2D eigenvalue weighted by Crippen LogP contribution is -2.64. The number of imidazole rings is 1. The Balaban J connectivity index is 1.09. The number of carbonyl (C=O) groups is 1. The molecule has 2 aromatic heterocycles. The number of hydrogen-bond donors (Lipinski definition) is 18. The molecular weight excluding hydrogens is 1670 g/mol. The number of rotatable bonds is 55. The number of aliphatic hydroxyl groups excluding tert-OH is 10. The van der Waals surface area contributed by atoms with Gasteiger partial charge in [0.1, 0.15) is 79.0 Å². The molecule has 19 N–H and O–H groups in total. The van der Waals surface area contributed by atoms with E-state index in [1.54, 1.807) is 0 Å². The van der Waals surface area contributed by atoms with Crippen molar-refractivity contribution >= 4 is 69.6 Å². The zero-order valence-electron chi connectivity index (χ0n) is 61.4. The largest absolute Gasteiger partial charge is 0.474 e. The first-order valence-electron chi connectivity index (χ1n) is 34.3. The molecule has 1 amide bonds. The Kier molecular flexibility index (Phi) is 41.0. The van der Waals surface area contributed by atoms with Crippen LogP contribution >= 0.6 is 46.7 Å². The summed E-state index contributed by atoms with van der Waals surface area (Å²) in [6.45, 7) is -11.6. The molecule has 4 saturated heterocycles. The molecule has 0 aromatic carbocycles. The molecule has 15 unspecified atom stereocenters. The number of hydrogen-bond acceptors (Lipinski definition) is 44. The average Bonchev–Trinajstić information content (AvgIpc) is 1.61. The second kappa shape index (κ2) is 46.6. The standard InChI is InChI=1S/C55H102N6O46P6/c1-31(2)108(73,74)96-19-40-36(12-41(103-40)61-25-59-43-50(56)57-24-58-51(43)61)107-113(83,84)102-27-86-18-35(13-62)17-85-26-98-112(81,82)97-23-55(20-87-28-99-109(75,76)93-9-6-90-52-32(3)44(67)46(69)37(14-63)104-52,21-88-29-100-110(77,78)94-10-7-91-53-33(4)45(68)47(70)38(15-64)105-53)22-89-30-101-111(79,80)95-11-8-92-54-42(60-34(5)66)49(72)48(71)39(16-65)106-54/h24-25,31-33,35-42,44-49,52-54,62-65,67-72H,6-23,26-30H2,1-5H3,(H,60,66)(H,73,74)(H,75,76)(H,77,78)(H,79,80)(H,81,82)(H,83,84)(H2,56,57,58)/t32?,33?,35?,36-,37?,38?,39?,40+,41+,42?,44+,45+,46-,47?,48-,49+,52+,53+,54+,55?/m0/s1. The number of nitrogens with two attached hydrogens (primary N) is 1. The van der Waals surface area contributed by atoms with E-state index in [1.165, 1.54) is 38.6 Å². The summed E-state index contributed by atoms with van der Waals surface area (Å²) in [7, 11) is -30.2. The summed E-state index contributed by atoms with van der Waals surface area (Å²) >= 11 is 0. The lowest BCUT2D eigenvalue weighted by atomic mass is 9.92. The molecule has 6 rings (SSSR count). The lowest BCUT2D eigenvalue weighted by Gasteiger charge is -2.42. The zero-order valence-corrected chi connectivity index (χ0v) is 66.8. The van der Waals surface area contributed by atoms with E-state index in [-0.39, 0.29) is 23.4 Å². The quantitative estimate of drug-likeness (QED) is 0.0170. The molecule has 26 atom stereocenters. The van der Waals surface area contributed by atoms with Gasteiger partial charge in [0.15, 0.2) is 64.3 Å². The maximum Gasteiger partial charge on any atom is 0.474 e. The van der Waals surface area contributed by atoms with Crippen molar-refractivity contribution in [2.75, 3.05) is 152 Å². The summed E-state index contributed by atoms with van der Waals surface area (Å²) in [4.78, 5) is 87.9. The Morgan fingerprint density at radius 3 is 1.41 bits per heavy atom. The molecule has 658 valence electrons. The molecule has 0 saturated carbocycles. The zero-order chi connectivity index (χ0) is 83.7. The molecule has 4 aliphatic rings. The van der Waals surface area contributed by atoms with Crippen LogP contribution in [0.5, 0.6) is 0 Å². The number of carbonyl (C=O) groups excluding carboxylic acids is 1. The molecule has 0 radical (unpaired) electrons. The predicted molar refractivity (Wildman–Crippen MR) is 367 cm³/mol. The summed E-state index contributed by atoms with van der Waals surface area (Å²) in [5.41, 5.74) is 3.30. The lowest BCUT2D eigenvalue weighted by molar-refractivity contribution is -0.283. The Hall–Kier alpha value is -2.36. The number of fused-ring (bicyclic) bond motifs is 1. The first-order valence-corrected chi connectivity index (χ1v) is 43.4. The molecule has 58 heteroatoms. The topological polar surface area (TPSA) is 737 Å². The van der Waals surface area contributed by atoms with Crippen LogP contribution in [-0.2, 0) is 139 Å². The Bertz CT molecular complexity index is 3400. The van der Waals surface area contributed by atoms with Crippen LogP contribution in [0.25, 0.3) is 11.2 Å². The SMILES string of the molecule is CC(=O)NC1[C@H](OCCOP(=O)(O)OCOCC(COCOP(=O)(O)OCCO[C@@H]2OC(CO)C(O)[C@H](O)C2C)(COCOP(=O)(O)OCCO[C@@H]2OC(CO)[C@H](O)[C@H](O)C2C)COP(=O)(O)OCOCC(CO)COCOP(=O)(O)O[C@H]2C[C@H](n3cnc4c(N)ncnc43)O[C@@H]2COP(=O)(O)C(C)C)OC(CO)[C@H](O)[C@@H]1O. The van der Waals surface area contributed by atoms with Crippen molar-refractivity contribution in [1.29, 1.82) is 0 Å². The molecule has 0 spiro atoms. The third-order valence-corrected chi connectivity index (χ3v) is 23.4. The van der Waals surface area contributed by atoms with Gasteiger partial charge in [-0.05, 0) is 0 Å². The molecule has 6 heterocycles. The fourth-order valence-electron chi connectivity index (χ4n) is 10.6. The van der Waals surface area contributed by atoms with E-state index in [4.69, 9.17) is 112 Å². The Morgan fingerprint density at radius 1 is 0.540 bits per heavy atom. The number of nitrogens with zero attached hydrogens (tertiary/aromatic N) is 4. The van der Waals surface area contributed by atoms with Crippen LogP contribution in [0.3, 0.4) is 0 Å². The molecule has 4 aliphatic heterocycles. The van der Waals surface area contributed by atoms with Crippen LogP contribution in [0.4, 0.5) is 5.82 Å². The Morgan fingerprint density at radius 2 is 0.965 bits per heavy atom. The number of nitrogens with one attached hydrogen (secondary N) is 1. The Labute approximate surface area is 644 Å². The molecule has 0 aliphatic carbocycles. The fraction of sp³-hybridized carbons (Fsp3) is 0.891. The molecule has 2 aromatic rings. The maximum absolute atomic E-state index is 13.6. The van der Waals surface area contributed by atoms with Gasteiger partial charge in [-0.1, -0.05) is 27.7 Å². The summed E-state index contributed by atoms with van der Waals surface area (Å²) in [6, 6.07) is -1.42. The first kappa shape index (κ1) is 99.5. The summed E-state index contributed by atoms with van der Waals surface area (Å²) in [5.74, 6) is -3.43. The molecule has 0 bridgehead atoms. The highest BCUT2D eigenvalue weighted by molar-refractivity contribution is 7.53. The molecule has 113 heavy (non-hydrogen) atoms. The summed E-state index contributed by atoms with van der Waals surface area (Å²) < 4.78 is 202. The van der Waals surface area contributed by atoms with Gasteiger partial charge in [0.2, 0.25) is 5.91 Å². The second-order valence-electron chi connectivity index (χ2n) is 25.9. The number of amides is 1. The van der Waals surface area contributed by atoms with Gasteiger partial charge in [0, 0.05) is 31.1 Å². The van der Waals surface area contributed by atoms with Crippen LogP contribution in [0.1, 0.15) is 47.3 Å². The van der Waals surface area contributed by atoms with Crippen LogP contribution in [-0.4, -0.2) is 350 Å². The highest BCUT2D eigenvalue weighted by atomic mass is 31.2. The van der Waals surface area contributed by atoms with Gasteiger partial charge < -0.3 is 153 Å². The minimum absolute atomic E-state index is 0.0353. The molecule has 4 fully saturated rings. The number of phosphoric ester groups is 5. The number of ether oxygens (including phenoxy) is 12. The molecular formula is C55H102N6O46P6.